The zero-order valence-corrected chi connectivity index (χ0v) is 9.68. The van der Waals surface area contributed by atoms with Crippen LogP contribution in [-0.4, -0.2) is 10.2 Å². The first-order valence-corrected chi connectivity index (χ1v) is 5.37. The number of hydrogen-bond donors (Lipinski definition) is 0. The molecule has 6 heteroatoms. The molecule has 0 aliphatic heterocycles. The van der Waals surface area contributed by atoms with Gasteiger partial charge in [0, 0.05) is 6.42 Å². The van der Waals surface area contributed by atoms with Crippen LogP contribution in [0.25, 0.3) is 0 Å². The summed E-state index contributed by atoms with van der Waals surface area (Å²) in [5, 5.41) is 16.4. The normalized spacial score (nSPS) is 10.1. The largest absolute Gasteiger partial charge is 0.482 e. The first kappa shape index (κ1) is 12.0. The predicted molar refractivity (Wildman–Crippen MR) is 59.1 cm³/mol. The highest BCUT2D eigenvalue weighted by molar-refractivity contribution is 5.43. The van der Waals surface area contributed by atoms with Crippen LogP contribution in [0.5, 0.6) is 5.75 Å². The maximum atomic E-state index is 13.3. The van der Waals surface area contributed by atoms with Gasteiger partial charge >= 0.3 is 0 Å². The molecule has 18 heavy (non-hydrogen) atoms. The highest BCUT2D eigenvalue weighted by Crippen LogP contribution is 2.21. The standard InChI is InChI=1S/C12H10FN3O2/c1-2-11-15-16-12(18-11)7-17-10-5-3-4-9(13)8(10)6-14/h3-5H,2,7H2,1H3. The van der Waals surface area contributed by atoms with E-state index < -0.39 is 5.82 Å². The number of rotatable bonds is 4. The molecule has 92 valence electrons. The van der Waals surface area contributed by atoms with Crippen LogP contribution in [0.15, 0.2) is 22.6 Å². The molecule has 0 aliphatic rings. The summed E-state index contributed by atoms with van der Waals surface area (Å²) >= 11 is 0. The summed E-state index contributed by atoms with van der Waals surface area (Å²) in [5.74, 6) is 0.344. The van der Waals surface area contributed by atoms with Crippen LogP contribution in [0.3, 0.4) is 0 Å². The number of halogens is 1. The van der Waals surface area contributed by atoms with Crippen LogP contribution < -0.4 is 4.74 Å². The Kier molecular flexibility index (Phi) is 3.53. The Bertz CT molecular complexity index is 589. The lowest BCUT2D eigenvalue weighted by molar-refractivity contribution is 0.257. The molecular weight excluding hydrogens is 237 g/mol. The predicted octanol–water partition coefficient (Wildman–Crippen LogP) is 2.22. The maximum absolute atomic E-state index is 13.3. The van der Waals surface area contributed by atoms with E-state index in [4.69, 9.17) is 14.4 Å². The number of aryl methyl sites for hydroxylation is 1. The molecule has 0 radical (unpaired) electrons. The van der Waals surface area contributed by atoms with Gasteiger partial charge < -0.3 is 9.15 Å². The van der Waals surface area contributed by atoms with Crippen molar-refractivity contribution in [1.82, 2.24) is 10.2 Å². The first-order valence-electron chi connectivity index (χ1n) is 5.37. The molecule has 5 nitrogen and oxygen atoms in total. The number of hydrogen-bond acceptors (Lipinski definition) is 5. The van der Waals surface area contributed by atoms with Gasteiger partial charge in [0.1, 0.15) is 23.2 Å². The molecule has 0 saturated heterocycles. The summed E-state index contributed by atoms with van der Waals surface area (Å²) in [6, 6.07) is 5.93. The fraction of sp³-hybridized carbons (Fsp3) is 0.250. The molecule has 0 spiro atoms. The minimum Gasteiger partial charge on any atom is -0.482 e. The summed E-state index contributed by atoms with van der Waals surface area (Å²) in [6.07, 6.45) is 0.635. The molecule has 2 aromatic rings. The van der Waals surface area contributed by atoms with Crippen LogP contribution in [0.1, 0.15) is 24.3 Å². The lowest BCUT2D eigenvalue weighted by atomic mass is 10.2. The number of nitrogens with zero attached hydrogens (tertiary/aromatic N) is 3. The third-order valence-corrected chi connectivity index (χ3v) is 2.25. The Balaban J connectivity index is 2.11. The summed E-state index contributed by atoms with van der Waals surface area (Å²) < 4.78 is 23.8. The summed E-state index contributed by atoms with van der Waals surface area (Å²) in [7, 11) is 0. The monoisotopic (exact) mass is 247 g/mol. The quantitative estimate of drug-likeness (QED) is 0.828. The number of ether oxygens (including phenoxy) is 1. The third-order valence-electron chi connectivity index (χ3n) is 2.25. The Labute approximate surface area is 103 Å². The zero-order valence-electron chi connectivity index (χ0n) is 9.68. The van der Waals surface area contributed by atoms with Crippen molar-refractivity contribution in [2.45, 2.75) is 20.0 Å². The summed E-state index contributed by atoms with van der Waals surface area (Å²) in [4.78, 5) is 0. The van der Waals surface area contributed by atoms with Gasteiger partial charge in [0.25, 0.3) is 5.89 Å². The summed E-state index contributed by atoms with van der Waals surface area (Å²) in [5.41, 5.74) is -0.132. The number of benzene rings is 1. The zero-order chi connectivity index (χ0) is 13.0. The van der Waals surface area contributed by atoms with Crippen LogP contribution in [0.4, 0.5) is 4.39 Å². The van der Waals surface area contributed by atoms with Gasteiger partial charge in [0.05, 0.1) is 0 Å². The molecule has 1 aromatic heterocycles. The molecular formula is C12H10FN3O2. The van der Waals surface area contributed by atoms with E-state index in [0.717, 1.165) is 0 Å². The highest BCUT2D eigenvalue weighted by Gasteiger charge is 2.11. The van der Waals surface area contributed by atoms with E-state index in [1.807, 2.05) is 6.92 Å². The number of aromatic nitrogens is 2. The molecule has 0 unspecified atom stereocenters. The molecule has 0 saturated carbocycles. The Morgan fingerprint density at radius 1 is 1.39 bits per heavy atom. The van der Waals surface area contributed by atoms with E-state index in [1.54, 1.807) is 6.07 Å². The minimum absolute atomic E-state index is 0.00509. The van der Waals surface area contributed by atoms with Crippen molar-refractivity contribution >= 4 is 0 Å². The van der Waals surface area contributed by atoms with Gasteiger partial charge in [-0.1, -0.05) is 13.0 Å². The average molecular weight is 247 g/mol. The molecule has 2 rings (SSSR count). The van der Waals surface area contributed by atoms with Crippen molar-refractivity contribution in [3.05, 3.63) is 41.4 Å². The fourth-order valence-electron chi connectivity index (χ4n) is 1.36. The van der Waals surface area contributed by atoms with Gasteiger partial charge in [-0.25, -0.2) is 4.39 Å². The van der Waals surface area contributed by atoms with E-state index in [0.29, 0.717) is 18.2 Å². The van der Waals surface area contributed by atoms with Crippen LogP contribution in [0.2, 0.25) is 0 Å². The van der Waals surface area contributed by atoms with Gasteiger partial charge in [-0.3, -0.25) is 0 Å². The van der Waals surface area contributed by atoms with E-state index in [9.17, 15) is 4.39 Å². The molecule has 1 heterocycles. The van der Waals surface area contributed by atoms with Crippen LogP contribution in [0, 0.1) is 17.1 Å². The molecule has 0 bridgehead atoms. The van der Waals surface area contributed by atoms with Gasteiger partial charge in [-0.2, -0.15) is 5.26 Å². The van der Waals surface area contributed by atoms with E-state index in [1.165, 1.54) is 18.2 Å². The first-order chi connectivity index (χ1) is 8.74. The smallest absolute Gasteiger partial charge is 0.253 e. The molecule has 0 N–H and O–H groups in total. The maximum Gasteiger partial charge on any atom is 0.253 e. The lowest BCUT2D eigenvalue weighted by Gasteiger charge is -2.05. The average Bonchev–Trinajstić information content (AvgIpc) is 2.84. The third kappa shape index (κ3) is 2.46. The van der Waals surface area contributed by atoms with Crippen molar-refractivity contribution in [2.24, 2.45) is 0 Å². The Hall–Kier alpha value is -2.42. The molecule has 0 aliphatic carbocycles. The molecule has 0 fully saturated rings. The second-order valence-corrected chi connectivity index (χ2v) is 3.46. The van der Waals surface area contributed by atoms with Gasteiger partial charge in [-0.15, -0.1) is 10.2 Å². The molecule has 1 aromatic carbocycles. The number of nitriles is 1. The Morgan fingerprint density at radius 2 is 2.17 bits per heavy atom. The SMILES string of the molecule is CCc1nnc(COc2cccc(F)c2C#N)o1. The topological polar surface area (TPSA) is 71.9 Å². The second kappa shape index (κ2) is 5.27. The molecule has 0 atom stereocenters. The van der Waals surface area contributed by atoms with E-state index >= 15 is 0 Å². The van der Waals surface area contributed by atoms with Crippen LogP contribution >= 0.6 is 0 Å². The lowest BCUT2D eigenvalue weighted by Crippen LogP contribution is -1.99. The minimum atomic E-state index is -0.616. The van der Waals surface area contributed by atoms with Crippen molar-refractivity contribution in [3.63, 3.8) is 0 Å². The second-order valence-electron chi connectivity index (χ2n) is 3.46. The fourth-order valence-corrected chi connectivity index (χ4v) is 1.36. The Morgan fingerprint density at radius 3 is 2.83 bits per heavy atom. The molecule has 0 amide bonds. The van der Waals surface area contributed by atoms with Gasteiger partial charge in [0.2, 0.25) is 5.89 Å². The van der Waals surface area contributed by atoms with Crippen molar-refractivity contribution in [3.8, 4) is 11.8 Å². The van der Waals surface area contributed by atoms with Crippen molar-refractivity contribution in [2.75, 3.05) is 0 Å². The van der Waals surface area contributed by atoms with E-state index in [-0.39, 0.29) is 17.9 Å². The van der Waals surface area contributed by atoms with Gasteiger partial charge in [0.15, 0.2) is 6.61 Å². The summed E-state index contributed by atoms with van der Waals surface area (Å²) in [6.45, 7) is 1.89. The van der Waals surface area contributed by atoms with Crippen LogP contribution in [-0.2, 0) is 13.0 Å². The van der Waals surface area contributed by atoms with E-state index in [2.05, 4.69) is 10.2 Å². The van der Waals surface area contributed by atoms with Crippen molar-refractivity contribution in [1.29, 1.82) is 5.26 Å². The van der Waals surface area contributed by atoms with Gasteiger partial charge in [-0.05, 0) is 12.1 Å². The highest BCUT2D eigenvalue weighted by atomic mass is 19.1. The van der Waals surface area contributed by atoms with Crippen molar-refractivity contribution < 1.29 is 13.5 Å².